The number of hydrogen-bond acceptors (Lipinski definition) is 4. The number of benzene rings is 3. The van der Waals surface area contributed by atoms with Crippen molar-refractivity contribution in [3.05, 3.63) is 151 Å². The van der Waals surface area contributed by atoms with Crippen molar-refractivity contribution in [2.75, 3.05) is 0 Å². The van der Waals surface area contributed by atoms with Gasteiger partial charge in [0.25, 0.3) is 0 Å². The van der Waals surface area contributed by atoms with Gasteiger partial charge in [-0.25, -0.2) is 15.0 Å². The second-order valence-corrected chi connectivity index (χ2v) is 10.9. The third-order valence-electron chi connectivity index (χ3n) is 7.90. The molecule has 0 saturated carbocycles. The highest BCUT2D eigenvalue weighted by Gasteiger charge is 2.15. The zero-order valence-electron chi connectivity index (χ0n) is 24.1. The molecule has 0 bridgehead atoms. The molecule has 5 aromatic heterocycles. The largest absolute Gasteiger partial charge is 0.292 e. The highest BCUT2D eigenvalue weighted by molar-refractivity contribution is 6.06. The molecule has 44 heavy (non-hydrogen) atoms. The van der Waals surface area contributed by atoms with E-state index in [0.29, 0.717) is 0 Å². The normalized spacial score (nSPS) is 11.3. The monoisotopic (exact) mass is 565 g/mol. The highest BCUT2D eigenvalue weighted by Crippen LogP contribution is 2.32. The van der Waals surface area contributed by atoms with Crippen LogP contribution >= 0.6 is 0 Å². The molecular weight excluding hydrogens is 538 g/mol. The SMILES string of the molecule is Cc1cc(-c2cccc(-c3ccccc3)c2)nc(-c2cccc(-c3cccc(-n4c5ccccc5c5ncccc54)n3)n2)c1. The van der Waals surface area contributed by atoms with Gasteiger partial charge in [-0.05, 0) is 84.3 Å². The summed E-state index contributed by atoms with van der Waals surface area (Å²) >= 11 is 0. The van der Waals surface area contributed by atoms with Gasteiger partial charge in [0.05, 0.1) is 45.0 Å². The van der Waals surface area contributed by atoms with E-state index in [9.17, 15) is 0 Å². The number of para-hydroxylation sites is 1. The van der Waals surface area contributed by atoms with E-state index in [0.717, 1.165) is 72.9 Å². The van der Waals surface area contributed by atoms with Gasteiger partial charge in [-0.15, -0.1) is 0 Å². The van der Waals surface area contributed by atoms with Crippen molar-refractivity contribution in [2.24, 2.45) is 0 Å². The molecule has 208 valence electrons. The Kier molecular flexibility index (Phi) is 6.27. The Morgan fingerprint density at radius 2 is 1.09 bits per heavy atom. The van der Waals surface area contributed by atoms with Gasteiger partial charge >= 0.3 is 0 Å². The standard InChI is InChI=1S/C39H27N5/c1-26-23-34(29-14-7-13-28(25-29)27-11-3-2-4-12-27)42-35(24-26)33-17-8-16-31(41-33)32-18-9-21-38(43-32)44-36-19-6-5-15-30(36)39-37(44)20-10-22-40-39/h2-25H,1H3. The lowest BCUT2D eigenvalue weighted by Crippen LogP contribution is -1.99. The number of fused-ring (bicyclic) bond motifs is 3. The van der Waals surface area contributed by atoms with Gasteiger partial charge < -0.3 is 0 Å². The van der Waals surface area contributed by atoms with Crippen LogP contribution < -0.4 is 0 Å². The molecule has 0 N–H and O–H groups in total. The molecule has 8 rings (SSSR count). The summed E-state index contributed by atoms with van der Waals surface area (Å²) < 4.78 is 2.17. The predicted octanol–water partition coefficient (Wildman–Crippen LogP) is 9.34. The fourth-order valence-corrected chi connectivity index (χ4v) is 5.88. The second kappa shape index (κ2) is 10.7. The van der Waals surface area contributed by atoms with E-state index in [1.54, 1.807) is 0 Å². The molecular formula is C39H27N5. The van der Waals surface area contributed by atoms with Gasteiger partial charge in [-0.2, -0.15) is 0 Å². The lowest BCUT2D eigenvalue weighted by molar-refractivity contribution is 1.07. The Balaban J connectivity index is 1.19. The van der Waals surface area contributed by atoms with Crippen LogP contribution in [0.5, 0.6) is 0 Å². The predicted molar refractivity (Wildman–Crippen MR) is 178 cm³/mol. The maximum Gasteiger partial charge on any atom is 0.138 e. The molecule has 0 amide bonds. The molecule has 5 heterocycles. The summed E-state index contributed by atoms with van der Waals surface area (Å²) in [6.45, 7) is 2.10. The number of aromatic nitrogens is 5. The summed E-state index contributed by atoms with van der Waals surface area (Å²) in [5.41, 5.74) is 11.7. The molecule has 5 heteroatoms. The van der Waals surface area contributed by atoms with E-state index < -0.39 is 0 Å². The number of pyridine rings is 4. The van der Waals surface area contributed by atoms with Crippen LogP contribution in [0.15, 0.2) is 146 Å². The van der Waals surface area contributed by atoms with Crippen LogP contribution in [-0.4, -0.2) is 24.5 Å². The summed E-state index contributed by atoms with van der Waals surface area (Å²) in [5, 5.41) is 1.10. The van der Waals surface area contributed by atoms with Crippen molar-refractivity contribution in [3.8, 4) is 51.0 Å². The third-order valence-corrected chi connectivity index (χ3v) is 7.90. The fraction of sp³-hybridized carbons (Fsp3) is 0.0256. The van der Waals surface area contributed by atoms with Gasteiger partial charge in [-0.3, -0.25) is 9.55 Å². The zero-order chi connectivity index (χ0) is 29.5. The number of rotatable bonds is 5. The van der Waals surface area contributed by atoms with Crippen LogP contribution in [0.25, 0.3) is 72.9 Å². The van der Waals surface area contributed by atoms with E-state index in [-0.39, 0.29) is 0 Å². The van der Waals surface area contributed by atoms with Gasteiger partial charge in [0.2, 0.25) is 0 Å². The van der Waals surface area contributed by atoms with Crippen LogP contribution in [0.2, 0.25) is 0 Å². The molecule has 0 fully saturated rings. The smallest absolute Gasteiger partial charge is 0.138 e. The van der Waals surface area contributed by atoms with Crippen LogP contribution in [-0.2, 0) is 0 Å². The second-order valence-electron chi connectivity index (χ2n) is 10.9. The maximum absolute atomic E-state index is 5.09. The molecule has 0 unspecified atom stereocenters. The highest BCUT2D eigenvalue weighted by atomic mass is 15.1. The Morgan fingerprint density at radius 1 is 0.455 bits per heavy atom. The Labute approximate surface area is 255 Å². The molecule has 8 aromatic rings. The van der Waals surface area contributed by atoms with Crippen molar-refractivity contribution in [1.29, 1.82) is 0 Å². The topological polar surface area (TPSA) is 56.5 Å². The minimum atomic E-state index is 0.791. The molecule has 0 atom stereocenters. The Hall–Kier alpha value is -5.94. The van der Waals surface area contributed by atoms with Gasteiger partial charge in [0, 0.05) is 17.1 Å². The van der Waals surface area contributed by atoms with Crippen LogP contribution in [0.4, 0.5) is 0 Å². The van der Waals surface area contributed by atoms with E-state index in [2.05, 4.69) is 95.3 Å². The molecule has 5 nitrogen and oxygen atoms in total. The van der Waals surface area contributed by atoms with Crippen molar-refractivity contribution in [3.63, 3.8) is 0 Å². The molecule has 0 aliphatic carbocycles. The number of aryl methyl sites for hydroxylation is 1. The first-order valence-corrected chi connectivity index (χ1v) is 14.7. The zero-order valence-corrected chi connectivity index (χ0v) is 24.1. The van der Waals surface area contributed by atoms with Gasteiger partial charge in [-0.1, -0.05) is 78.9 Å². The van der Waals surface area contributed by atoms with Crippen LogP contribution in [0, 0.1) is 6.92 Å². The fourth-order valence-electron chi connectivity index (χ4n) is 5.88. The van der Waals surface area contributed by atoms with Gasteiger partial charge in [0.15, 0.2) is 0 Å². The average molecular weight is 566 g/mol. The average Bonchev–Trinajstić information content (AvgIpc) is 3.43. The molecule has 3 aromatic carbocycles. The molecule has 0 aliphatic heterocycles. The van der Waals surface area contributed by atoms with Crippen LogP contribution in [0.3, 0.4) is 0 Å². The lowest BCUT2D eigenvalue weighted by atomic mass is 10.0. The van der Waals surface area contributed by atoms with Crippen LogP contribution in [0.1, 0.15) is 5.56 Å². The quantitative estimate of drug-likeness (QED) is 0.209. The number of hydrogen-bond donors (Lipinski definition) is 0. The first kappa shape index (κ1) is 25.7. The maximum atomic E-state index is 5.09. The lowest BCUT2D eigenvalue weighted by Gasteiger charge is -2.11. The van der Waals surface area contributed by atoms with Crippen molar-refractivity contribution in [2.45, 2.75) is 6.92 Å². The molecule has 0 radical (unpaired) electrons. The number of nitrogens with zero attached hydrogens (tertiary/aromatic N) is 5. The Bertz CT molecular complexity index is 2250. The van der Waals surface area contributed by atoms with Crippen molar-refractivity contribution >= 4 is 21.9 Å². The summed E-state index contributed by atoms with van der Waals surface area (Å²) in [7, 11) is 0. The molecule has 0 aliphatic rings. The summed E-state index contributed by atoms with van der Waals surface area (Å²) in [5.74, 6) is 0.822. The van der Waals surface area contributed by atoms with Gasteiger partial charge in [0.1, 0.15) is 5.82 Å². The van der Waals surface area contributed by atoms with E-state index in [4.69, 9.17) is 15.0 Å². The van der Waals surface area contributed by atoms with E-state index in [1.807, 2.05) is 66.9 Å². The summed E-state index contributed by atoms with van der Waals surface area (Å²) in [6.07, 6.45) is 1.84. The van der Waals surface area contributed by atoms with E-state index in [1.165, 1.54) is 5.56 Å². The minimum Gasteiger partial charge on any atom is -0.292 e. The van der Waals surface area contributed by atoms with E-state index >= 15 is 0 Å². The van der Waals surface area contributed by atoms with Crippen molar-refractivity contribution in [1.82, 2.24) is 24.5 Å². The molecule has 0 saturated heterocycles. The first-order chi connectivity index (χ1) is 21.7. The molecule has 0 spiro atoms. The first-order valence-electron chi connectivity index (χ1n) is 14.7. The summed E-state index contributed by atoms with van der Waals surface area (Å²) in [4.78, 5) is 19.9. The minimum absolute atomic E-state index is 0.791. The summed E-state index contributed by atoms with van der Waals surface area (Å²) in [6, 6.07) is 47.7. The third kappa shape index (κ3) is 4.61. The van der Waals surface area contributed by atoms with Crippen molar-refractivity contribution < 1.29 is 0 Å². The Morgan fingerprint density at radius 3 is 1.98 bits per heavy atom.